The Morgan fingerprint density at radius 2 is 2.12 bits per heavy atom. The molecule has 0 spiro atoms. The van der Waals surface area contributed by atoms with E-state index in [0.29, 0.717) is 18.8 Å². The fourth-order valence-electron chi connectivity index (χ4n) is 2.13. The maximum Gasteiger partial charge on any atom is 0.260 e. The average molecular weight is 334 g/mol. The Bertz CT molecular complexity index is 672. The van der Waals surface area contributed by atoms with Crippen LogP contribution in [-0.2, 0) is 11.3 Å². The Kier molecular flexibility index (Phi) is 6.31. The van der Waals surface area contributed by atoms with Gasteiger partial charge in [-0.25, -0.2) is 9.37 Å². The van der Waals surface area contributed by atoms with Crippen LogP contribution in [0.3, 0.4) is 0 Å². The molecule has 6 nitrogen and oxygen atoms in total. The summed E-state index contributed by atoms with van der Waals surface area (Å²) in [5.41, 5.74) is 1.76. The van der Waals surface area contributed by atoms with E-state index < -0.39 is 5.82 Å². The highest BCUT2D eigenvalue weighted by Crippen LogP contribution is 2.12. The quantitative estimate of drug-likeness (QED) is 0.800. The Labute approximate surface area is 141 Å². The van der Waals surface area contributed by atoms with E-state index in [1.807, 2.05) is 25.9 Å². The van der Waals surface area contributed by atoms with Crippen LogP contribution in [-0.4, -0.2) is 59.5 Å². The summed E-state index contributed by atoms with van der Waals surface area (Å²) in [7, 11) is 3.90. The number of H-pyrrole nitrogens is 1. The highest BCUT2D eigenvalue weighted by atomic mass is 19.1. The lowest BCUT2D eigenvalue weighted by Gasteiger charge is -2.24. The van der Waals surface area contributed by atoms with Gasteiger partial charge in [0.05, 0.1) is 18.6 Å². The molecular formula is C17H23FN4O2. The molecule has 0 unspecified atom stereocenters. The second kappa shape index (κ2) is 8.44. The molecule has 0 aliphatic heterocycles. The first-order valence-corrected chi connectivity index (χ1v) is 7.75. The SMILES string of the molecule is Cc1[nH]cnc1CN(CCN(C)C)C(=O)COc1cccc(F)c1. The van der Waals surface area contributed by atoms with Crippen LogP contribution in [0.25, 0.3) is 0 Å². The van der Waals surface area contributed by atoms with Gasteiger partial charge >= 0.3 is 0 Å². The van der Waals surface area contributed by atoms with Crippen LogP contribution in [0.15, 0.2) is 30.6 Å². The minimum Gasteiger partial charge on any atom is -0.484 e. The topological polar surface area (TPSA) is 61.5 Å². The predicted octanol–water partition coefficient (Wildman–Crippen LogP) is 1.83. The van der Waals surface area contributed by atoms with E-state index in [9.17, 15) is 9.18 Å². The number of carbonyl (C=O) groups is 1. The van der Waals surface area contributed by atoms with Gasteiger partial charge in [0, 0.05) is 24.8 Å². The third-order valence-corrected chi connectivity index (χ3v) is 3.60. The summed E-state index contributed by atoms with van der Waals surface area (Å²) < 4.78 is 18.6. The van der Waals surface area contributed by atoms with Gasteiger partial charge in [-0.2, -0.15) is 0 Å². The summed E-state index contributed by atoms with van der Waals surface area (Å²) in [6.07, 6.45) is 1.61. The van der Waals surface area contributed by atoms with E-state index in [2.05, 4.69) is 9.97 Å². The number of rotatable bonds is 8. The van der Waals surface area contributed by atoms with Gasteiger partial charge in [0.1, 0.15) is 11.6 Å². The summed E-state index contributed by atoms with van der Waals surface area (Å²) in [5, 5.41) is 0. The van der Waals surface area contributed by atoms with Crippen LogP contribution in [0.4, 0.5) is 4.39 Å². The average Bonchev–Trinajstić information content (AvgIpc) is 2.94. The van der Waals surface area contributed by atoms with E-state index in [1.165, 1.54) is 12.1 Å². The van der Waals surface area contributed by atoms with Gasteiger partial charge < -0.3 is 19.5 Å². The number of ether oxygens (including phenoxy) is 1. The molecule has 2 rings (SSSR count). The predicted molar refractivity (Wildman–Crippen MR) is 89.2 cm³/mol. The van der Waals surface area contributed by atoms with Crippen molar-refractivity contribution in [1.29, 1.82) is 0 Å². The van der Waals surface area contributed by atoms with Crippen molar-refractivity contribution in [2.24, 2.45) is 0 Å². The molecule has 0 aliphatic carbocycles. The lowest BCUT2D eigenvalue weighted by Crippen LogP contribution is -2.39. The molecule has 130 valence electrons. The first-order chi connectivity index (χ1) is 11.5. The van der Waals surface area contributed by atoms with Crippen LogP contribution in [0, 0.1) is 12.7 Å². The molecule has 0 atom stereocenters. The largest absolute Gasteiger partial charge is 0.484 e. The van der Waals surface area contributed by atoms with Gasteiger partial charge in [0.25, 0.3) is 5.91 Å². The fraction of sp³-hybridized carbons (Fsp3) is 0.412. The molecule has 1 aromatic heterocycles. The van der Waals surface area contributed by atoms with Crippen molar-refractivity contribution in [2.45, 2.75) is 13.5 Å². The molecule has 0 fully saturated rings. The maximum atomic E-state index is 13.2. The standard InChI is InChI=1S/C17H23FN4O2/c1-13-16(20-12-19-13)10-22(8-7-21(2)3)17(23)11-24-15-6-4-5-14(18)9-15/h4-6,9,12H,7-8,10-11H2,1-3H3,(H,19,20). The second-order valence-corrected chi connectivity index (χ2v) is 5.84. The van der Waals surface area contributed by atoms with Crippen molar-refractivity contribution in [3.8, 4) is 5.75 Å². The molecule has 0 saturated heterocycles. The van der Waals surface area contributed by atoms with Gasteiger partial charge in [-0.1, -0.05) is 6.07 Å². The lowest BCUT2D eigenvalue weighted by atomic mass is 10.3. The van der Waals surface area contributed by atoms with Gasteiger partial charge in [-0.05, 0) is 33.2 Å². The van der Waals surface area contributed by atoms with Gasteiger partial charge in [-0.15, -0.1) is 0 Å². The summed E-state index contributed by atoms with van der Waals surface area (Å²) in [5.74, 6) is -0.216. The molecule has 0 radical (unpaired) electrons. The summed E-state index contributed by atoms with van der Waals surface area (Å²) in [6, 6.07) is 5.76. The van der Waals surface area contributed by atoms with Crippen molar-refractivity contribution in [3.05, 3.63) is 47.8 Å². The van der Waals surface area contributed by atoms with E-state index >= 15 is 0 Å². The molecule has 7 heteroatoms. The van der Waals surface area contributed by atoms with Crippen LogP contribution < -0.4 is 4.74 Å². The minimum atomic E-state index is -0.392. The van der Waals surface area contributed by atoms with Crippen molar-refractivity contribution in [3.63, 3.8) is 0 Å². The lowest BCUT2D eigenvalue weighted by molar-refractivity contribution is -0.134. The van der Waals surface area contributed by atoms with Crippen LogP contribution in [0.2, 0.25) is 0 Å². The highest BCUT2D eigenvalue weighted by Gasteiger charge is 2.17. The number of halogens is 1. The maximum absolute atomic E-state index is 13.2. The zero-order valence-corrected chi connectivity index (χ0v) is 14.3. The smallest absolute Gasteiger partial charge is 0.260 e. The molecular weight excluding hydrogens is 311 g/mol. The minimum absolute atomic E-state index is 0.139. The monoisotopic (exact) mass is 334 g/mol. The molecule has 0 bridgehead atoms. The normalized spacial score (nSPS) is 10.9. The second-order valence-electron chi connectivity index (χ2n) is 5.84. The highest BCUT2D eigenvalue weighted by molar-refractivity contribution is 5.77. The molecule has 1 heterocycles. The van der Waals surface area contributed by atoms with Crippen molar-refractivity contribution in [1.82, 2.24) is 19.8 Å². The van der Waals surface area contributed by atoms with E-state index in [0.717, 1.165) is 17.9 Å². The van der Waals surface area contributed by atoms with E-state index in [1.54, 1.807) is 23.4 Å². The molecule has 24 heavy (non-hydrogen) atoms. The van der Waals surface area contributed by atoms with E-state index in [-0.39, 0.29) is 12.5 Å². The van der Waals surface area contributed by atoms with Crippen molar-refractivity contribution < 1.29 is 13.9 Å². The Morgan fingerprint density at radius 1 is 1.33 bits per heavy atom. The van der Waals surface area contributed by atoms with Crippen LogP contribution >= 0.6 is 0 Å². The molecule has 0 aliphatic rings. The number of carbonyl (C=O) groups excluding carboxylic acids is 1. The molecule has 1 N–H and O–H groups in total. The first kappa shape index (κ1) is 17.9. The Morgan fingerprint density at radius 3 is 2.75 bits per heavy atom. The number of benzene rings is 1. The van der Waals surface area contributed by atoms with Gasteiger partial charge in [-0.3, -0.25) is 4.79 Å². The zero-order valence-electron chi connectivity index (χ0n) is 14.3. The number of hydrogen-bond donors (Lipinski definition) is 1. The van der Waals surface area contributed by atoms with Crippen LogP contribution in [0.5, 0.6) is 5.75 Å². The molecule has 2 aromatic rings. The molecule has 0 saturated carbocycles. The first-order valence-electron chi connectivity index (χ1n) is 7.75. The Balaban J connectivity index is 1.99. The Hall–Kier alpha value is -2.41. The number of aromatic nitrogens is 2. The van der Waals surface area contributed by atoms with Gasteiger partial charge in [0.15, 0.2) is 6.61 Å². The van der Waals surface area contributed by atoms with Crippen LogP contribution in [0.1, 0.15) is 11.4 Å². The van der Waals surface area contributed by atoms with Gasteiger partial charge in [0.2, 0.25) is 0 Å². The zero-order chi connectivity index (χ0) is 17.5. The number of amides is 1. The number of aromatic amines is 1. The van der Waals surface area contributed by atoms with Crippen molar-refractivity contribution in [2.75, 3.05) is 33.8 Å². The van der Waals surface area contributed by atoms with E-state index in [4.69, 9.17) is 4.74 Å². The third-order valence-electron chi connectivity index (χ3n) is 3.60. The number of likely N-dealkylation sites (N-methyl/N-ethyl adjacent to an activating group) is 1. The summed E-state index contributed by atoms with van der Waals surface area (Å²) in [4.78, 5) is 23.5. The number of hydrogen-bond acceptors (Lipinski definition) is 4. The third kappa shape index (κ3) is 5.34. The number of nitrogens with zero attached hydrogens (tertiary/aromatic N) is 3. The molecule has 1 aromatic carbocycles. The summed E-state index contributed by atoms with van der Waals surface area (Å²) >= 11 is 0. The number of imidazole rings is 1. The molecule has 1 amide bonds. The summed E-state index contributed by atoms with van der Waals surface area (Å²) in [6.45, 7) is 3.48. The number of aryl methyl sites for hydroxylation is 1. The fourth-order valence-corrected chi connectivity index (χ4v) is 2.13. The van der Waals surface area contributed by atoms with Crippen molar-refractivity contribution >= 4 is 5.91 Å². The number of nitrogens with one attached hydrogen (secondary N) is 1.